The summed E-state index contributed by atoms with van der Waals surface area (Å²) in [5, 5.41) is 6.28. The number of hydrogen-bond acceptors (Lipinski definition) is 1. The van der Waals surface area contributed by atoms with Crippen molar-refractivity contribution < 1.29 is 0 Å². The van der Waals surface area contributed by atoms with Crippen molar-refractivity contribution in [2.24, 2.45) is 13.0 Å². The first-order chi connectivity index (χ1) is 6.26. The van der Waals surface area contributed by atoms with Crippen LogP contribution in [0, 0.1) is 5.92 Å². The van der Waals surface area contributed by atoms with E-state index >= 15 is 0 Å². The number of aromatic nitrogens is 2. The van der Waals surface area contributed by atoms with Gasteiger partial charge in [-0.2, -0.15) is 5.10 Å². The molecule has 1 rings (SSSR count). The fourth-order valence-electron chi connectivity index (χ4n) is 1.17. The quantitative estimate of drug-likeness (QED) is 0.765. The molecule has 1 aromatic rings. The van der Waals surface area contributed by atoms with Crippen molar-refractivity contribution in [3.8, 4) is 0 Å². The van der Waals surface area contributed by atoms with Gasteiger partial charge in [-0.05, 0) is 24.3 Å². The Bertz CT molecular complexity index is 244. The van der Waals surface area contributed by atoms with Crippen LogP contribution in [-0.2, 0) is 13.5 Å². The van der Waals surface area contributed by atoms with Crippen LogP contribution in [0.2, 0.25) is 0 Å². The predicted molar refractivity (Wildman–Crippen MR) is 62.6 cm³/mol. The topological polar surface area (TPSA) is 17.8 Å². The zero-order valence-electron chi connectivity index (χ0n) is 7.71. The lowest BCUT2D eigenvalue weighted by Gasteiger charge is -2.08. The summed E-state index contributed by atoms with van der Waals surface area (Å²) >= 11 is 7.01. The van der Waals surface area contributed by atoms with Crippen LogP contribution in [0.1, 0.15) is 12.0 Å². The van der Waals surface area contributed by atoms with E-state index in [4.69, 9.17) is 0 Å². The van der Waals surface area contributed by atoms with Crippen LogP contribution in [0.5, 0.6) is 0 Å². The van der Waals surface area contributed by atoms with E-state index in [0.29, 0.717) is 0 Å². The monoisotopic (exact) mass is 308 g/mol. The van der Waals surface area contributed by atoms with Crippen molar-refractivity contribution in [2.45, 2.75) is 12.8 Å². The summed E-state index contributed by atoms with van der Waals surface area (Å²) in [5.41, 5.74) is 1.33. The van der Waals surface area contributed by atoms with E-state index in [9.17, 15) is 0 Å². The Morgan fingerprint density at radius 3 is 2.62 bits per heavy atom. The second-order valence-corrected chi connectivity index (χ2v) is 4.53. The fraction of sp³-hybridized carbons (Fsp3) is 0.667. The molecule has 0 atom stereocenters. The second kappa shape index (κ2) is 5.81. The first kappa shape index (κ1) is 11.2. The summed E-state index contributed by atoms with van der Waals surface area (Å²) < 4.78 is 1.85. The summed E-state index contributed by atoms with van der Waals surface area (Å²) in [4.78, 5) is 0. The Morgan fingerprint density at radius 2 is 2.15 bits per heavy atom. The Labute approximate surface area is 96.0 Å². The second-order valence-electron chi connectivity index (χ2n) is 3.24. The molecule has 74 valence electrons. The molecule has 0 aliphatic carbocycles. The van der Waals surface area contributed by atoms with Crippen molar-refractivity contribution in [2.75, 3.05) is 10.7 Å². The van der Waals surface area contributed by atoms with Gasteiger partial charge in [0.1, 0.15) is 0 Å². The highest BCUT2D eigenvalue weighted by atomic mass is 79.9. The third-order valence-corrected chi connectivity index (χ3v) is 3.87. The lowest BCUT2D eigenvalue weighted by atomic mass is 10.1. The van der Waals surface area contributed by atoms with Gasteiger partial charge in [-0.25, -0.2) is 0 Å². The Hall–Kier alpha value is 0.170. The van der Waals surface area contributed by atoms with Crippen LogP contribution >= 0.6 is 31.9 Å². The molecule has 0 radical (unpaired) electrons. The Balaban J connectivity index is 2.33. The van der Waals surface area contributed by atoms with Crippen molar-refractivity contribution in [1.82, 2.24) is 9.78 Å². The van der Waals surface area contributed by atoms with Gasteiger partial charge >= 0.3 is 0 Å². The fourth-order valence-corrected chi connectivity index (χ4v) is 2.89. The normalized spacial score (nSPS) is 11.1. The van der Waals surface area contributed by atoms with Crippen molar-refractivity contribution in [1.29, 1.82) is 0 Å². The third kappa shape index (κ3) is 3.81. The zero-order valence-corrected chi connectivity index (χ0v) is 10.9. The minimum absolute atomic E-state index is 0.722. The zero-order chi connectivity index (χ0) is 9.68. The summed E-state index contributed by atoms with van der Waals surface area (Å²) in [6, 6.07) is 0. The van der Waals surface area contributed by atoms with Crippen molar-refractivity contribution >= 4 is 31.9 Å². The van der Waals surface area contributed by atoms with Gasteiger partial charge in [0.15, 0.2) is 0 Å². The van der Waals surface area contributed by atoms with E-state index in [-0.39, 0.29) is 0 Å². The molecule has 0 saturated heterocycles. The van der Waals surface area contributed by atoms with E-state index < -0.39 is 0 Å². The lowest BCUT2D eigenvalue weighted by Crippen LogP contribution is -2.04. The van der Waals surface area contributed by atoms with Crippen LogP contribution in [0.15, 0.2) is 12.4 Å². The highest BCUT2D eigenvalue weighted by Crippen LogP contribution is 2.13. The Morgan fingerprint density at radius 1 is 1.46 bits per heavy atom. The number of nitrogens with zero attached hydrogens (tertiary/aromatic N) is 2. The van der Waals surface area contributed by atoms with Gasteiger partial charge in [0.2, 0.25) is 0 Å². The van der Waals surface area contributed by atoms with Crippen molar-refractivity contribution in [3.05, 3.63) is 18.0 Å². The summed E-state index contributed by atoms with van der Waals surface area (Å²) in [6.45, 7) is 0. The predicted octanol–water partition coefficient (Wildman–Crippen LogP) is 2.76. The van der Waals surface area contributed by atoms with E-state index in [1.165, 1.54) is 12.0 Å². The van der Waals surface area contributed by atoms with E-state index in [2.05, 4.69) is 43.2 Å². The molecule has 1 aromatic heterocycles. The first-order valence-electron chi connectivity index (χ1n) is 4.35. The minimum Gasteiger partial charge on any atom is -0.276 e. The van der Waals surface area contributed by atoms with Crippen LogP contribution in [0.3, 0.4) is 0 Å². The standard InChI is InChI=1S/C9H14Br2N2/c1-13-7-9(6-12-13)3-2-8(4-10)5-11/h6-8H,2-5H2,1H3. The maximum Gasteiger partial charge on any atom is 0.0521 e. The molecule has 0 bridgehead atoms. The summed E-state index contributed by atoms with van der Waals surface area (Å²) in [5.74, 6) is 0.722. The lowest BCUT2D eigenvalue weighted by molar-refractivity contribution is 0.612. The Kier molecular flexibility index (Phi) is 5.02. The van der Waals surface area contributed by atoms with Gasteiger partial charge in [0.25, 0.3) is 0 Å². The van der Waals surface area contributed by atoms with E-state index in [1.54, 1.807) is 0 Å². The molecule has 0 aromatic carbocycles. The SMILES string of the molecule is Cn1cc(CCC(CBr)CBr)cn1. The molecule has 0 aliphatic heterocycles. The van der Waals surface area contributed by atoms with Gasteiger partial charge in [-0.1, -0.05) is 31.9 Å². The molecular weight excluding hydrogens is 296 g/mol. The van der Waals surface area contributed by atoms with Gasteiger partial charge < -0.3 is 0 Å². The maximum absolute atomic E-state index is 4.14. The molecule has 0 N–H and O–H groups in total. The number of hydrogen-bond donors (Lipinski definition) is 0. The smallest absolute Gasteiger partial charge is 0.0521 e. The first-order valence-corrected chi connectivity index (χ1v) is 6.60. The summed E-state index contributed by atoms with van der Waals surface area (Å²) in [7, 11) is 1.95. The molecule has 0 amide bonds. The number of halogens is 2. The third-order valence-electron chi connectivity index (χ3n) is 2.04. The maximum atomic E-state index is 4.14. The van der Waals surface area contributed by atoms with E-state index in [1.807, 2.05) is 17.9 Å². The molecule has 0 saturated carbocycles. The van der Waals surface area contributed by atoms with Gasteiger partial charge in [-0.15, -0.1) is 0 Å². The average molecular weight is 310 g/mol. The molecule has 0 unspecified atom stereocenters. The largest absolute Gasteiger partial charge is 0.276 e. The molecule has 0 fully saturated rings. The highest BCUT2D eigenvalue weighted by Gasteiger charge is 2.05. The van der Waals surface area contributed by atoms with E-state index in [0.717, 1.165) is 23.0 Å². The molecular formula is C9H14Br2N2. The average Bonchev–Trinajstić information content (AvgIpc) is 2.53. The van der Waals surface area contributed by atoms with Crippen LogP contribution in [-0.4, -0.2) is 20.4 Å². The molecule has 0 spiro atoms. The van der Waals surface area contributed by atoms with Crippen LogP contribution in [0.4, 0.5) is 0 Å². The molecule has 0 aliphatic rings. The van der Waals surface area contributed by atoms with Gasteiger partial charge in [0, 0.05) is 23.9 Å². The molecule has 13 heavy (non-hydrogen) atoms. The highest BCUT2D eigenvalue weighted by molar-refractivity contribution is 9.09. The van der Waals surface area contributed by atoms with Gasteiger partial charge in [0.05, 0.1) is 6.20 Å². The number of aryl methyl sites for hydroxylation is 2. The number of alkyl halides is 2. The van der Waals surface area contributed by atoms with Crippen molar-refractivity contribution in [3.63, 3.8) is 0 Å². The molecule has 2 nitrogen and oxygen atoms in total. The molecule has 1 heterocycles. The minimum atomic E-state index is 0.722. The van der Waals surface area contributed by atoms with Crippen LogP contribution in [0.25, 0.3) is 0 Å². The summed E-state index contributed by atoms with van der Waals surface area (Å²) in [6.07, 6.45) is 6.36. The van der Waals surface area contributed by atoms with Crippen LogP contribution < -0.4 is 0 Å². The van der Waals surface area contributed by atoms with Gasteiger partial charge in [-0.3, -0.25) is 4.68 Å². The number of rotatable bonds is 5. The molecule has 4 heteroatoms.